The van der Waals surface area contributed by atoms with Crippen molar-refractivity contribution >= 4 is 34.2 Å². The van der Waals surface area contributed by atoms with Crippen LogP contribution in [-0.2, 0) is 6.54 Å². The van der Waals surface area contributed by atoms with Gasteiger partial charge in [0.25, 0.3) is 5.56 Å². The molecule has 0 bridgehead atoms. The second kappa shape index (κ2) is 4.23. The van der Waals surface area contributed by atoms with E-state index in [1.807, 2.05) is 22.6 Å². The minimum Gasteiger partial charge on any atom is -0.291 e. The van der Waals surface area contributed by atoms with Gasteiger partial charge in [-0.1, -0.05) is 18.2 Å². The van der Waals surface area contributed by atoms with Crippen molar-refractivity contribution in [2.45, 2.75) is 13.5 Å². The van der Waals surface area contributed by atoms with Gasteiger partial charge in [-0.2, -0.15) is 0 Å². The summed E-state index contributed by atoms with van der Waals surface area (Å²) in [6.07, 6.45) is 1.55. The molecule has 0 aromatic carbocycles. The molecule has 5 heteroatoms. The fraction of sp³-hybridized carbons (Fsp3) is 0.250. The zero-order valence-corrected chi connectivity index (χ0v) is 9.96. The number of hydrogen-bond acceptors (Lipinski definition) is 2. The number of hydrogen-bond donors (Lipinski definition) is 0. The number of aromatic nitrogens is 2. The van der Waals surface area contributed by atoms with E-state index >= 15 is 0 Å². The molecule has 0 aliphatic heterocycles. The Morgan fingerprint density at radius 2 is 2.46 bits per heavy atom. The number of nitrogens with zero attached hydrogens (tertiary/aromatic N) is 2. The third-order valence-corrected chi connectivity index (χ3v) is 2.39. The highest BCUT2D eigenvalue weighted by molar-refractivity contribution is 14.1. The first kappa shape index (κ1) is 10.7. The Morgan fingerprint density at radius 3 is 3.00 bits per heavy atom. The Hall–Kier alpha value is -0.360. The summed E-state index contributed by atoms with van der Waals surface area (Å²) >= 11 is 7.57. The molecule has 0 aliphatic rings. The maximum atomic E-state index is 11.5. The molecule has 70 valence electrons. The summed E-state index contributed by atoms with van der Waals surface area (Å²) < 4.78 is 2.08. The zero-order valence-electron chi connectivity index (χ0n) is 7.05. The topological polar surface area (TPSA) is 34.9 Å². The van der Waals surface area contributed by atoms with E-state index in [2.05, 4.69) is 11.6 Å². The van der Waals surface area contributed by atoms with Crippen molar-refractivity contribution in [3.63, 3.8) is 0 Å². The molecule has 0 atom stereocenters. The van der Waals surface area contributed by atoms with Crippen molar-refractivity contribution in [2.75, 3.05) is 0 Å². The van der Waals surface area contributed by atoms with E-state index in [0.29, 0.717) is 21.0 Å². The van der Waals surface area contributed by atoms with E-state index in [0.717, 1.165) is 0 Å². The van der Waals surface area contributed by atoms with Crippen LogP contribution in [0.15, 0.2) is 22.6 Å². The second-order valence-electron chi connectivity index (χ2n) is 2.56. The number of aryl methyl sites for hydroxylation is 1. The summed E-state index contributed by atoms with van der Waals surface area (Å²) in [5.41, 5.74) is -0.0742. The SMILES string of the molecule is C=C(Cl)Cn1c(C)ncc(I)c1=O. The predicted octanol–water partition coefficient (Wildman–Crippen LogP) is 1.91. The van der Waals surface area contributed by atoms with Gasteiger partial charge in [-0.15, -0.1) is 0 Å². The van der Waals surface area contributed by atoms with Gasteiger partial charge in [0.05, 0.1) is 10.1 Å². The first-order valence-electron chi connectivity index (χ1n) is 3.57. The Kier molecular flexibility index (Phi) is 3.49. The van der Waals surface area contributed by atoms with Crippen LogP contribution in [0.1, 0.15) is 5.82 Å². The van der Waals surface area contributed by atoms with Crippen LogP contribution in [0.2, 0.25) is 0 Å². The lowest BCUT2D eigenvalue weighted by Gasteiger charge is -2.07. The molecule has 0 spiro atoms. The highest BCUT2D eigenvalue weighted by Gasteiger charge is 2.04. The molecule has 13 heavy (non-hydrogen) atoms. The minimum absolute atomic E-state index is 0.0742. The van der Waals surface area contributed by atoms with Crippen LogP contribution in [-0.4, -0.2) is 9.55 Å². The van der Waals surface area contributed by atoms with E-state index in [1.165, 1.54) is 4.57 Å². The van der Waals surface area contributed by atoms with Gasteiger partial charge in [0.15, 0.2) is 0 Å². The Labute approximate surface area is 94.6 Å². The van der Waals surface area contributed by atoms with E-state index < -0.39 is 0 Å². The zero-order chi connectivity index (χ0) is 10.0. The number of rotatable bonds is 2. The number of halogens is 2. The molecule has 1 aromatic rings. The van der Waals surface area contributed by atoms with Gasteiger partial charge in [0, 0.05) is 11.2 Å². The third-order valence-electron chi connectivity index (χ3n) is 1.53. The van der Waals surface area contributed by atoms with E-state index in [-0.39, 0.29) is 5.56 Å². The Morgan fingerprint density at radius 1 is 1.85 bits per heavy atom. The van der Waals surface area contributed by atoms with E-state index in [4.69, 9.17) is 11.6 Å². The molecule has 1 heterocycles. The molecule has 0 fully saturated rings. The maximum absolute atomic E-state index is 11.5. The lowest BCUT2D eigenvalue weighted by molar-refractivity contribution is 0.703. The van der Waals surface area contributed by atoms with E-state index in [1.54, 1.807) is 13.1 Å². The van der Waals surface area contributed by atoms with E-state index in [9.17, 15) is 4.79 Å². The highest BCUT2D eigenvalue weighted by Crippen LogP contribution is 2.03. The van der Waals surface area contributed by atoms with Crippen molar-refractivity contribution in [2.24, 2.45) is 0 Å². The molecule has 0 saturated heterocycles. The molecule has 0 saturated carbocycles. The lowest BCUT2D eigenvalue weighted by atomic mass is 10.5. The molecule has 3 nitrogen and oxygen atoms in total. The largest absolute Gasteiger partial charge is 0.291 e. The summed E-state index contributed by atoms with van der Waals surface area (Å²) in [4.78, 5) is 15.6. The average molecular weight is 311 g/mol. The van der Waals surface area contributed by atoms with Crippen LogP contribution < -0.4 is 5.56 Å². The first-order chi connectivity index (χ1) is 6.02. The summed E-state index contributed by atoms with van der Waals surface area (Å²) in [5.74, 6) is 0.646. The molecular formula is C8H8ClIN2O. The van der Waals surface area contributed by atoms with Crippen LogP contribution >= 0.6 is 34.2 Å². The minimum atomic E-state index is -0.0742. The maximum Gasteiger partial charge on any atom is 0.267 e. The fourth-order valence-electron chi connectivity index (χ4n) is 0.909. The molecule has 1 rings (SSSR count). The molecule has 1 aromatic heterocycles. The van der Waals surface area contributed by atoms with Crippen LogP contribution in [0.25, 0.3) is 0 Å². The first-order valence-corrected chi connectivity index (χ1v) is 5.03. The molecular weight excluding hydrogens is 302 g/mol. The second-order valence-corrected chi connectivity index (χ2v) is 4.26. The molecule has 0 unspecified atom stereocenters. The highest BCUT2D eigenvalue weighted by atomic mass is 127. The van der Waals surface area contributed by atoms with Crippen LogP contribution in [0.4, 0.5) is 0 Å². The standard InChI is InChI=1S/C8H8ClIN2O/c1-5(9)4-12-6(2)11-3-7(10)8(12)13/h3H,1,4H2,2H3. The monoisotopic (exact) mass is 310 g/mol. The van der Waals surface area contributed by atoms with Gasteiger partial charge in [-0.05, 0) is 29.5 Å². The smallest absolute Gasteiger partial charge is 0.267 e. The van der Waals surface area contributed by atoms with Gasteiger partial charge in [-0.3, -0.25) is 9.36 Å². The fourth-order valence-corrected chi connectivity index (χ4v) is 1.46. The van der Waals surface area contributed by atoms with Crippen LogP contribution in [0, 0.1) is 10.5 Å². The quantitative estimate of drug-likeness (QED) is 0.782. The summed E-state index contributed by atoms with van der Waals surface area (Å²) in [5, 5.41) is 0.425. The molecule has 0 N–H and O–H groups in total. The van der Waals surface area contributed by atoms with Crippen LogP contribution in [0.5, 0.6) is 0 Å². The van der Waals surface area contributed by atoms with Crippen molar-refractivity contribution in [3.05, 3.63) is 37.6 Å². The van der Waals surface area contributed by atoms with Crippen molar-refractivity contribution in [1.29, 1.82) is 0 Å². The molecule has 0 aliphatic carbocycles. The van der Waals surface area contributed by atoms with Gasteiger partial charge < -0.3 is 0 Å². The normalized spacial score (nSPS) is 10.1. The molecule has 0 amide bonds. The molecule has 0 radical (unpaired) electrons. The van der Waals surface area contributed by atoms with Crippen molar-refractivity contribution < 1.29 is 0 Å². The summed E-state index contributed by atoms with van der Waals surface area (Å²) in [7, 11) is 0. The van der Waals surface area contributed by atoms with Crippen LogP contribution in [0.3, 0.4) is 0 Å². The van der Waals surface area contributed by atoms with Gasteiger partial charge in [0.1, 0.15) is 5.82 Å². The van der Waals surface area contributed by atoms with Gasteiger partial charge in [0.2, 0.25) is 0 Å². The summed E-state index contributed by atoms with van der Waals surface area (Å²) in [6, 6.07) is 0. The van der Waals surface area contributed by atoms with Gasteiger partial charge in [-0.25, -0.2) is 4.98 Å². The van der Waals surface area contributed by atoms with Crippen molar-refractivity contribution in [1.82, 2.24) is 9.55 Å². The van der Waals surface area contributed by atoms with Crippen molar-refractivity contribution in [3.8, 4) is 0 Å². The number of allylic oxidation sites excluding steroid dienone is 1. The average Bonchev–Trinajstić information content (AvgIpc) is 2.05. The Bertz CT molecular complexity index is 400. The Balaban J connectivity index is 3.26. The summed E-state index contributed by atoms with van der Waals surface area (Å²) in [6.45, 7) is 5.61. The lowest BCUT2D eigenvalue weighted by Crippen LogP contribution is -2.25. The third kappa shape index (κ3) is 2.54. The predicted molar refractivity (Wildman–Crippen MR) is 60.9 cm³/mol. The van der Waals surface area contributed by atoms with Gasteiger partial charge >= 0.3 is 0 Å².